The van der Waals surface area contributed by atoms with Gasteiger partial charge in [-0.25, -0.2) is 13.6 Å². The molecule has 0 spiro atoms. The fourth-order valence-electron chi connectivity index (χ4n) is 3.44. The third-order valence-corrected chi connectivity index (χ3v) is 4.97. The van der Waals surface area contributed by atoms with Crippen LogP contribution in [0.25, 0.3) is 0 Å². The number of hydrogen-bond acceptors (Lipinski definition) is 3. The summed E-state index contributed by atoms with van der Waals surface area (Å²) in [7, 11) is 0. The summed E-state index contributed by atoms with van der Waals surface area (Å²) < 4.78 is 40.4. The minimum atomic E-state index is -1.33. The highest BCUT2D eigenvalue weighted by atomic mass is 19.1. The molecule has 26 heavy (non-hydrogen) atoms. The van der Waals surface area contributed by atoms with Gasteiger partial charge in [0.1, 0.15) is 29.4 Å². The lowest BCUT2D eigenvalue weighted by Gasteiger charge is -2.29. The largest absolute Gasteiger partial charge is 0.490 e. The normalized spacial score (nSPS) is 19.9. The Kier molecular flexibility index (Phi) is 5.27. The van der Waals surface area contributed by atoms with E-state index in [4.69, 9.17) is 9.47 Å². The lowest BCUT2D eigenvalue weighted by Crippen LogP contribution is -2.33. The Bertz CT molecular complexity index is 669. The van der Waals surface area contributed by atoms with Crippen molar-refractivity contribution in [2.24, 2.45) is 0 Å². The van der Waals surface area contributed by atoms with Crippen LogP contribution in [0.1, 0.15) is 87.6 Å². The van der Waals surface area contributed by atoms with E-state index < -0.39 is 23.1 Å². The van der Waals surface area contributed by atoms with Crippen LogP contribution in [0.3, 0.4) is 0 Å². The van der Waals surface area contributed by atoms with Gasteiger partial charge >= 0.3 is 5.97 Å². The smallest absolute Gasteiger partial charge is 0.341 e. The molecule has 5 heteroatoms. The van der Waals surface area contributed by atoms with E-state index in [0.717, 1.165) is 37.7 Å². The molecule has 1 aromatic carbocycles. The minimum Gasteiger partial charge on any atom is -0.490 e. The molecule has 2 aliphatic carbocycles. The summed E-state index contributed by atoms with van der Waals surface area (Å²) >= 11 is 0. The Morgan fingerprint density at radius 1 is 1.19 bits per heavy atom. The summed E-state index contributed by atoms with van der Waals surface area (Å²) in [5, 5.41) is 0. The molecular formula is C21H28F2O3. The van der Waals surface area contributed by atoms with E-state index in [1.54, 1.807) is 20.8 Å². The molecule has 0 amide bonds. The molecule has 0 radical (unpaired) electrons. The molecule has 2 aliphatic rings. The van der Waals surface area contributed by atoms with E-state index in [1.807, 2.05) is 0 Å². The third kappa shape index (κ3) is 4.74. The number of carbonyl (C=O) groups is 1. The zero-order valence-electron chi connectivity index (χ0n) is 15.9. The molecule has 0 atom stereocenters. The Labute approximate surface area is 154 Å². The molecule has 3 nitrogen and oxygen atoms in total. The van der Waals surface area contributed by atoms with Crippen molar-refractivity contribution in [2.45, 2.75) is 82.9 Å². The van der Waals surface area contributed by atoms with E-state index in [-0.39, 0.29) is 18.1 Å². The van der Waals surface area contributed by atoms with Crippen molar-refractivity contribution >= 4 is 5.97 Å². The molecule has 0 aromatic heterocycles. The summed E-state index contributed by atoms with van der Waals surface area (Å²) in [6, 6.07) is 2.75. The van der Waals surface area contributed by atoms with Gasteiger partial charge in [0.05, 0.1) is 5.56 Å². The first kappa shape index (κ1) is 19.1. The first-order chi connectivity index (χ1) is 12.2. The average molecular weight is 366 g/mol. The third-order valence-electron chi connectivity index (χ3n) is 4.97. The van der Waals surface area contributed by atoms with E-state index in [0.29, 0.717) is 18.6 Å². The van der Waals surface area contributed by atoms with Crippen molar-refractivity contribution in [2.75, 3.05) is 6.61 Å². The van der Waals surface area contributed by atoms with Crippen molar-refractivity contribution in [1.29, 1.82) is 0 Å². The Balaban J connectivity index is 1.80. The second-order valence-corrected chi connectivity index (χ2v) is 8.65. The van der Waals surface area contributed by atoms with Gasteiger partial charge in [0.2, 0.25) is 0 Å². The zero-order valence-corrected chi connectivity index (χ0v) is 15.9. The summed E-state index contributed by atoms with van der Waals surface area (Å²) in [6.45, 7) is 5.17. The predicted octanol–water partition coefficient (Wildman–Crippen LogP) is 5.71. The second kappa shape index (κ2) is 7.16. The molecule has 2 fully saturated rings. The highest BCUT2D eigenvalue weighted by Crippen LogP contribution is 2.45. The van der Waals surface area contributed by atoms with Crippen LogP contribution >= 0.6 is 0 Å². The molecule has 2 saturated carbocycles. The molecule has 0 saturated heterocycles. The van der Waals surface area contributed by atoms with Crippen LogP contribution in [0.5, 0.6) is 5.75 Å². The van der Waals surface area contributed by atoms with Gasteiger partial charge in [0.25, 0.3) is 0 Å². The van der Waals surface area contributed by atoms with Gasteiger partial charge in [0, 0.05) is 6.07 Å². The number of rotatable bonds is 5. The van der Waals surface area contributed by atoms with Gasteiger partial charge in [-0.1, -0.05) is 19.3 Å². The van der Waals surface area contributed by atoms with Crippen molar-refractivity contribution in [3.63, 3.8) is 0 Å². The zero-order chi connectivity index (χ0) is 18.9. The van der Waals surface area contributed by atoms with Crippen LogP contribution in [-0.2, 0) is 4.74 Å². The number of carbonyl (C=O) groups excluding carboxylic acids is 1. The Hall–Kier alpha value is -1.65. The van der Waals surface area contributed by atoms with Gasteiger partial charge in [-0.05, 0) is 64.0 Å². The Morgan fingerprint density at radius 2 is 1.85 bits per heavy atom. The minimum absolute atomic E-state index is 0.0576. The summed E-state index contributed by atoms with van der Waals surface area (Å²) in [5.74, 6) is -0.762. The van der Waals surface area contributed by atoms with E-state index >= 15 is 0 Å². The Morgan fingerprint density at radius 3 is 2.42 bits per heavy atom. The number of ether oxygens (including phenoxy) is 2. The lowest BCUT2D eigenvalue weighted by molar-refractivity contribution is 0.00640. The highest BCUT2D eigenvalue weighted by molar-refractivity contribution is 5.90. The molecule has 0 bridgehead atoms. The lowest BCUT2D eigenvalue weighted by atomic mass is 9.87. The van der Waals surface area contributed by atoms with Gasteiger partial charge in [-0.3, -0.25) is 0 Å². The first-order valence-electron chi connectivity index (χ1n) is 9.55. The number of benzene rings is 1. The monoisotopic (exact) mass is 366 g/mol. The molecule has 0 aliphatic heterocycles. The van der Waals surface area contributed by atoms with Crippen molar-refractivity contribution < 1.29 is 23.0 Å². The van der Waals surface area contributed by atoms with Gasteiger partial charge in [-0.2, -0.15) is 0 Å². The molecule has 144 valence electrons. The van der Waals surface area contributed by atoms with Gasteiger partial charge in [0.15, 0.2) is 0 Å². The fraction of sp³-hybridized carbons (Fsp3) is 0.667. The predicted molar refractivity (Wildman–Crippen MR) is 96.0 cm³/mol. The standard InChI is InChI=1S/C21H28F2O3/c1-20(2,3)26-19(24)16-11-15(14-7-8-14)18(12-17(16)22)25-13-21(23)9-5-4-6-10-21/h11-12,14H,4-10,13H2,1-3H3. The summed E-state index contributed by atoms with van der Waals surface area (Å²) in [5.41, 5.74) is -1.33. The molecule has 3 rings (SSSR count). The van der Waals surface area contributed by atoms with E-state index in [9.17, 15) is 13.6 Å². The van der Waals surface area contributed by atoms with E-state index in [2.05, 4.69) is 0 Å². The van der Waals surface area contributed by atoms with Crippen LogP contribution in [0.4, 0.5) is 8.78 Å². The maximum Gasteiger partial charge on any atom is 0.341 e. The van der Waals surface area contributed by atoms with Crippen molar-refractivity contribution in [3.05, 3.63) is 29.1 Å². The van der Waals surface area contributed by atoms with Crippen LogP contribution in [0.15, 0.2) is 12.1 Å². The molecule has 0 heterocycles. The number of hydrogen-bond donors (Lipinski definition) is 0. The van der Waals surface area contributed by atoms with Crippen molar-refractivity contribution in [1.82, 2.24) is 0 Å². The van der Waals surface area contributed by atoms with Crippen molar-refractivity contribution in [3.8, 4) is 5.75 Å². The number of halogens is 2. The average Bonchev–Trinajstić information content (AvgIpc) is 3.37. The summed E-state index contributed by atoms with van der Waals surface area (Å²) in [4.78, 5) is 12.3. The second-order valence-electron chi connectivity index (χ2n) is 8.65. The molecule has 1 aromatic rings. The highest BCUT2D eigenvalue weighted by Gasteiger charge is 2.35. The summed E-state index contributed by atoms with van der Waals surface area (Å²) in [6.07, 6.45) is 5.70. The van der Waals surface area contributed by atoms with Gasteiger partial charge < -0.3 is 9.47 Å². The van der Waals surface area contributed by atoms with Crippen LogP contribution in [0, 0.1) is 5.82 Å². The molecule has 0 N–H and O–H groups in total. The molecular weight excluding hydrogens is 338 g/mol. The maximum atomic E-state index is 14.8. The SMILES string of the molecule is CC(C)(C)OC(=O)c1cc(C2CC2)c(OCC2(F)CCCCC2)cc1F. The van der Waals surface area contributed by atoms with Gasteiger partial charge in [-0.15, -0.1) is 0 Å². The van der Waals surface area contributed by atoms with Crippen LogP contribution in [0.2, 0.25) is 0 Å². The van der Waals surface area contributed by atoms with Crippen LogP contribution < -0.4 is 4.74 Å². The fourth-order valence-corrected chi connectivity index (χ4v) is 3.44. The van der Waals surface area contributed by atoms with E-state index in [1.165, 1.54) is 12.1 Å². The molecule has 0 unspecified atom stereocenters. The maximum absolute atomic E-state index is 14.8. The quantitative estimate of drug-likeness (QED) is 0.626. The number of alkyl halides is 1. The number of esters is 1. The van der Waals surface area contributed by atoms with Crippen LogP contribution in [-0.4, -0.2) is 23.8 Å². The topological polar surface area (TPSA) is 35.5 Å². The first-order valence-corrected chi connectivity index (χ1v) is 9.55.